The standard InChI is InChI=1S/C16H23NOS/c1-18-16-5-3-2-4-15(16)13-8-14(9-13)17-10-12-6-7-19-11-12/h2-5,12-14,17H,6-11H2,1H3. The fourth-order valence-electron chi connectivity index (χ4n) is 3.12. The van der Waals surface area contributed by atoms with Crippen molar-refractivity contribution >= 4 is 11.8 Å². The molecule has 1 N–H and O–H groups in total. The van der Waals surface area contributed by atoms with Gasteiger partial charge in [0.2, 0.25) is 0 Å². The predicted molar refractivity (Wildman–Crippen MR) is 82.2 cm³/mol. The van der Waals surface area contributed by atoms with Crippen LogP contribution in [0.3, 0.4) is 0 Å². The van der Waals surface area contributed by atoms with Gasteiger partial charge in [0, 0.05) is 6.04 Å². The van der Waals surface area contributed by atoms with Crippen molar-refractivity contribution in [3.8, 4) is 5.75 Å². The van der Waals surface area contributed by atoms with Gasteiger partial charge in [-0.05, 0) is 60.8 Å². The Kier molecular flexibility index (Phi) is 4.34. The lowest BCUT2D eigenvalue weighted by Gasteiger charge is -2.37. The Morgan fingerprint density at radius 2 is 2.16 bits per heavy atom. The maximum atomic E-state index is 5.46. The topological polar surface area (TPSA) is 21.3 Å². The summed E-state index contributed by atoms with van der Waals surface area (Å²) in [6.45, 7) is 1.22. The van der Waals surface area contributed by atoms with E-state index in [0.717, 1.165) is 17.7 Å². The smallest absolute Gasteiger partial charge is 0.122 e. The minimum Gasteiger partial charge on any atom is -0.496 e. The molecule has 0 radical (unpaired) electrons. The molecule has 0 bridgehead atoms. The molecule has 1 aromatic carbocycles. The first-order chi connectivity index (χ1) is 9.36. The summed E-state index contributed by atoms with van der Waals surface area (Å²) in [6, 6.07) is 9.18. The van der Waals surface area contributed by atoms with E-state index in [2.05, 4.69) is 41.3 Å². The van der Waals surface area contributed by atoms with E-state index in [9.17, 15) is 0 Å². The number of benzene rings is 1. The van der Waals surface area contributed by atoms with Gasteiger partial charge in [-0.15, -0.1) is 0 Å². The van der Waals surface area contributed by atoms with Crippen LogP contribution >= 0.6 is 11.8 Å². The lowest BCUT2D eigenvalue weighted by atomic mass is 9.75. The molecule has 1 heterocycles. The van der Waals surface area contributed by atoms with Gasteiger partial charge in [0.15, 0.2) is 0 Å². The summed E-state index contributed by atoms with van der Waals surface area (Å²) in [7, 11) is 1.77. The molecule has 1 unspecified atom stereocenters. The third-order valence-corrected chi connectivity index (χ3v) is 5.67. The van der Waals surface area contributed by atoms with Crippen LogP contribution in [0.5, 0.6) is 5.75 Å². The van der Waals surface area contributed by atoms with Crippen molar-refractivity contribution in [1.82, 2.24) is 5.32 Å². The van der Waals surface area contributed by atoms with Crippen LogP contribution < -0.4 is 10.1 Å². The van der Waals surface area contributed by atoms with E-state index in [1.54, 1.807) is 7.11 Å². The number of hydrogen-bond donors (Lipinski definition) is 1. The maximum absolute atomic E-state index is 5.46. The molecule has 2 aliphatic rings. The van der Waals surface area contributed by atoms with E-state index in [-0.39, 0.29) is 0 Å². The fourth-order valence-corrected chi connectivity index (χ4v) is 4.40. The number of hydrogen-bond acceptors (Lipinski definition) is 3. The summed E-state index contributed by atoms with van der Waals surface area (Å²) in [5, 5.41) is 3.74. The summed E-state index contributed by atoms with van der Waals surface area (Å²) < 4.78 is 5.46. The average Bonchev–Trinajstić information content (AvgIpc) is 2.90. The second-order valence-corrected chi connectivity index (χ2v) is 6.89. The zero-order chi connectivity index (χ0) is 13.1. The average molecular weight is 277 g/mol. The van der Waals surface area contributed by atoms with Gasteiger partial charge in [-0.1, -0.05) is 18.2 Å². The zero-order valence-electron chi connectivity index (χ0n) is 11.6. The summed E-state index contributed by atoms with van der Waals surface area (Å²) in [4.78, 5) is 0. The minimum atomic E-state index is 0.687. The van der Waals surface area contributed by atoms with E-state index in [0.29, 0.717) is 5.92 Å². The second kappa shape index (κ2) is 6.19. The Morgan fingerprint density at radius 3 is 2.89 bits per heavy atom. The Hall–Kier alpha value is -0.670. The van der Waals surface area contributed by atoms with Crippen molar-refractivity contribution < 1.29 is 4.74 Å². The van der Waals surface area contributed by atoms with Crippen molar-refractivity contribution in [3.63, 3.8) is 0 Å². The molecule has 19 heavy (non-hydrogen) atoms. The molecule has 2 nitrogen and oxygen atoms in total. The molecule has 104 valence electrons. The number of nitrogens with one attached hydrogen (secondary N) is 1. The first-order valence-electron chi connectivity index (χ1n) is 7.31. The predicted octanol–water partition coefficient (Wildman–Crippen LogP) is 3.28. The van der Waals surface area contributed by atoms with Crippen molar-refractivity contribution in [2.75, 3.05) is 25.2 Å². The largest absolute Gasteiger partial charge is 0.496 e. The number of thioether (sulfide) groups is 1. The van der Waals surface area contributed by atoms with Crippen LogP contribution in [0.2, 0.25) is 0 Å². The molecular formula is C16H23NOS. The van der Waals surface area contributed by atoms with Gasteiger partial charge in [-0.3, -0.25) is 0 Å². The Morgan fingerprint density at radius 1 is 1.32 bits per heavy atom. The highest BCUT2D eigenvalue weighted by molar-refractivity contribution is 7.99. The molecule has 0 aromatic heterocycles. The molecule has 1 saturated carbocycles. The van der Waals surface area contributed by atoms with Crippen molar-refractivity contribution in [1.29, 1.82) is 0 Å². The Balaban J connectivity index is 1.46. The minimum absolute atomic E-state index is 0.687. The van der Waals surface area contributed by atoms with Gasteiger partial charge in [-0.25, -0.2) is 0 Å². The molecule has 0 amide bonds. The van der Waals surface area contributed by atoms with Gasteiger partial charge in [0.25, 0.3) is 0 Å². The van der Waals surface area contributed by atoms with Gasteiger partial charge >= 0.3 is 0 Å². The molecule has 0 spiro atoms. The molecule has 1 atom stereocenters. The lowest BCUT2D eigenvalue weighted by molar-refractivity contribution is 0.273. The van der Waals surface area contributed by atoms with Crippen molar-refractivity contribution in [2.24, 2.45) is 5.92 Å². The van der Waals surface area contributed by atoms with Crippen LogP contribution in [-0.2, 0) is 0 Å². The number of para-hydroxylation sites is 1. The van der Waals surface area contributed by atoms with Crippen LogP contribution in [0.1, 0.15) is 30.7 Å². The molecule has 3 rings (SSSR count). The van der Waals surface area contributed by atoms with Gasteiger partial charge < -0.3 is 10.1 Å². The molecule has 1 aromatic rings. The molecule has 3 heteroatoms. The summed E-state index contributed by atoms with van der Waals surface area (Å²) in [5.74, 6) is 5.37. The van der Waals surface area contributed by atoms with Gasteiger partial charge in [-0.2, -0.15) is 11.8 Å². The van der Waals surface area contributed by atoms with Crippen LogP contribution in [0.4, 0.5) is 0 Å². The van der Waals surface area contributed by atoms with Gasteiger partial charge in [0.05, 0.1) is 7.11 Å². The first-order valence-corrected chi connectivity index (χ1v) is 8.46. The molecule has 1 aliphatic heterocycles. The SMILES string of the molecule is COc1ccccc1C1CC(NCC2CCSC2)C1. The highest BCUT2D eigenvalue weighted by Gasteiger charge is 2.32. The highest BCUT2D eigenvalue weighted by atomic mass is 32.2. The quantitative estimate of drug-likeness (QED) is 0.892. The normalized spacial score (nSPS) is 30.1. The monoisotopic (exact) mass is 277 g/mol. The lowest BCUT2D eigenvalue weighted by Crippen LogP contribution is -2.42. The number of methoxy groups -OCH3 is 1. The van der Waals surface area contributed by atoms with E-state index < -0.39 is 0 Å². The molecule has 1 aliphatic carbocycles. The van der Waals surface area contributed by atoms with Crippen LogP contribution in [0, 0.1) is 5.92 Å². The van der Waals surface area contributed by atoms with Crippen molar-refractivity contribution in [2.45, 2.75) is 31.2 Å². The molecule has 1 saturated heterocycles. The molecular weight excluding hydrogens is 254 g/mol. The Labute approximate surface area is 120 Å². The van der Waals surface area contributed by atoms with E-state index in [1.165, 1.54) is 42.9 Å². The molecule has 2 fully saturated rings. The first kappa shape index (κ1) is 13.3. The van der Waals surface area contributed by atoms with Crippen molar-refractivity contribution in [3.05, 3.63) is 29.8 Å². The zero-order valence-corrected chi connectivity index (χ0v) is 12.4. The van der Waals surface area contributed by atoms with E-state index in [4.69, 9.17) is 4.74 Å². The highest BCUT2D eigenvalue weighted by Crippen LogP contribution is 2.41. The van der Waals surface area contributed by atoms with E-state index >= 15 is 0 Å². The number of ether oxygens (including phenoxy) is 1. The fraction of sp³-hybridized carbons (Fsp3) is 0.625. The van der Waals surface area contributed by atoms with E-state index in [1.807, 2.05) is 0 Å². The Bertz CT molecular complexity index is 411. The maximum Gasteiger partial charge on any atom is 0.122 e. The second-order valence-electron chi connectivity index (χ2n) is 5.75. The summed E-state index contributed by atoms with van der Waals surface area (Å²) >= 11 is 2.11. The number of rotatable bonds is 5. The van der Waals surface area contributed by atoms with Crippen LogP contribution in [0.25, 0.3) is 0 Å². The van der Waals surface area contributed by atoms with Gasteiger partial charge in [0.1, 0.15) is 5.75 Å². The third kappa shape index (κ3) is 3.09. The summed E-state index contributed by atoms with van der Waals surface area (Å²) in [5.41, 5.74) is 1.39. The third-order valence-electron chi connectivity index (χ3n) is 4.44. The van der Waals surface area contributed by atoms with Crippen LogP contribution in [0.15, 0.2) is 24.3 Å². The summed E-state index contributed by atoms with van der Waals surface area (Å²) in [6.07, 6.45) is 3.93. The van der Waals surface area contributed by atoms with Crippen LogP contribution in [-0.4, -0.2) is 31.2 Å².